The molecule has 0 amide bonds. The van der Waals surface area contributed by atoms with E-state index in [1.165, 1.54) is 19.2 Å². The van der Waals surface area contributed by atoms with Crippen molar-refractivity contribution in [3.05, 3.63) is 73.8 Å². The van der Waals surface area contributed by atoms with Crippen LogP contribution < -0.4 is 10.5 Å². The fourth-order valence-corrected chi connectivity index (χ4v) is 3.95. The molecule has 9 heteroatoms. The monoisotopic (exact) mass is 414 g/mol. The van der Waals surface area contributed by atoms with E-state index in [1.807, 2.05) is 6.07 Å². The molecule has 0 bridgehead atoms. The summed E-state index contributed by atoms with van der Waals surface area (Å²) in [6.45, 7) is 1.12. The number of rotatable bonds is 8. The predicted octanol–water partition coefficient (Wildman–Crippen LogP) is 3.78. The van der Waals surface area contributed by atoms with Crippen molar-refractivity contribution in [1.82, 2.24) is 4.90 Å². The molecule has 3 rings (SSSR count). The molecule has 2 aromatic rings. The summed E-state index contributed by atoms with van der Waals surface area (Å²) in [5.74, 6) is 0.231. The molecule has 160 valence electrons. The first kappa shape index (κ1) is 21.7. The smallest absolute Gasteiger partial charge is 0.311 e. The Morgan fingerprint density at radius 1 is 0.967 bits per heavy atom. The van der Waals surface area contributed by atoms with Gasteiger partial charge in [0.2, 0.25) is 0 Å². The molecule has 0 aromatic heterocycles. The van der Waals surface area contributed by atoms with Crippen LogP contribution >= 0.6 is 0 Å². The van der Waals surface area contributed by atoms with Gasteiger partial charge in [0, 0.05) is 43.4 Å². The number of nitro benzene ring substituents is 2. The first-order valence-corrected chi connectivity index (χ1v) is 9.91. The second kappa shape index (κ2) is 9.64. The van der Waals surface area contributed by atoms with Crippen LogP contribution in [0.4, 0.5) is 11.4 Å². The lowest BCUT2D eigenvalue weighted by Gasteiger charge is -2.36. The summed E-state index contributed by atoms with van der Waals surface area (Å²) < 4.78 is 5.10. The van der Waals surface area contributed by atoms with E-state index in [1.54, 1.807) is 24.3 Å². The molecule has 1 saturated carbocycles. The quantitative estimate of drug-likeness (QED) is 0.514. The second-order valence-corrected chi connectivity index (χ2v) is 7.66. The Kier molecular flexibility index (Phi) is 6.96. The van der Waals surface area contributed by atoms with Gasteiger partial charge in [0.05, 0.1) is 17.0 Å². The molecule has 9 nitrogen and oxygen atoms in total. The van der Waals surface area contributed by atoms with Crippen LogP contribution in [-0.4, -0.2) is 33.9 Å². The molecule has 1 aliphatic rings. The predicted molar refractivity (Wildman–Crippen MR) is 112 cm³/mol. The normalized spacial score (nSPS) is 18.9. The molecule has 0 aliphatic heterocycles. The fourth-order valence-electron chi connectivity index (χ4n) is 3.95. The number of nitrogens with zero attached hydrogens (tertiary/aromatic N) is 3. The summed E-state index contributed by atoms with van der Waals surface area (Å²) >= 11 is 0. The molecule has 1 aliphatic carbocycles. The number of methoxy groups -OCH3 is 1. The van der Waals surface area contributed by atoms with E-state index in [2.05, 4.69) is 4.90 Å². The Balaban J connectivity index is 1.83. The average Bonchev–Trinajstić information content (AvgIpc) is 2.74. The summed E-state index contributed by atoms with van der Waals surface area (Å²) in [7, 11) is 1.41. The van der Waals surface area contributed by atoms with Gasteiger partial charge in [-0.25, -0.2) is 0 Å². The van der Waals surface area contributed by atoms with Crippen LogP contribution in [0.25, 0.3) is 0 Å². The summed E-state index contributed by atoms with van der Waals surface area (Å²) in [4.78, 5) is 23.7. The van der Waals surface area contributed by atoms with E-state index in [0.717, 1.165) is 36.8 Å². The first-order chi connectivity index (χ1) is 14.4. The number of non-ortho nitro benzene ring substituents is 1. The lowest BCUT2D eigenvalue weighted by Crippen LogP contribution is -2.40. The van der Waals surface area contributed by atoms with E-state index in [9.17, 15) is 20.2 Å². The van der Waals surface area contributed by atoms with Gasteiger partial charge < -0.3 is 10.5 Å². The summed E-state index contributed by atoms with van der Waals surface area (Å²) in [5, 5.41) is 22.3. The Morgan fingerprint density at radius 2 is 1.57 bits per heavy atom. The molecule has 30 heavy (non-hydrogen) atoms. The second-order valence-electron chi connectivity index (χ2n) is 7.66. The van der Waals surface area contributed by atoms with Crippen molar-refractivity contribution >= 4 is 11.4 Å². The highest BCUT2D eigenvalue weighted by Gasteiger charge is 2.25. The maximum absolute atomic E-state index is 11.4. The van der Waals surface area contributed by atoms with Crippen molar-refractivity contribution in [1.29, 1.82) is 0 Å². The number of benzene rings is 2. The molecule has 0 spiro atoms. The molecule has 1 fully saturated rings. The molecular weight excluding hydrogens is 388 g/mol. The van der Waals surface area contributed by atoms with Crippen molar-refractivity contribution in [3.8, 4) is 5.75 Å². The van der Waals surface area contributed by atoms with Crippen LogP contribution in [0.15, 0.2) is 42.5 Å². The Morgan fingerprint density at radius 3 is 2.13 bits per heavy atom. The highest BCUT2D eigenvalue weighted by Crippen LogP contribution is 2.30. The highest BCUT2D eigenvalue weighted by molar-refractivity contribution is 5.48. The van der Waals surface area contributed by atoms with E-state index in [0.29, 0.717) is 19.1 Å². The Labute approximate surface area is 174 Å². The van der Waals surface area contributed by atoms with Gasteiger partial charge in [0.15, 0.2) is 5.75 Å². The lowest BCUT2D eigenvalue weighted by molar-refractivity contribution is -0.385. The van der Waals surface area contributed by atoms with Gasteiger partial charge in [-0.1, -0.05) is 18.2 Å². The minimum absolute atomic E-state index is 0.0553. The third kappa shape index (κ3) is 5.31. The zero-order valence-electron chi connectivity index (χ0n) is 16.9. The van der Waals surface area contributed by atoms with Crippen LogP contribution in [0, 0.1) is 20.2 Å². The minimum atomic E-state index is -0.442. The van der Waals surface area contributed by atoms with E-state index in [-0.39, 0.29) is 23.2 Å². The number of nitro groups is 2. The number of hydrogen-bond acceptors (Lipinski definition) is 7. The minimum Gasteiger partial charge on any atom is -0.490 e. The Hall–Kier alpha value is -3.04. The number of ether oxygens (including phenoxy) is 1. The lowest BCUT2D eigenvalue weighted by atomic mass is 9.90. The van der Waals surface area contributed by atoms with Gasteiger partial charge in [0.1, 0.15) is 0 Å². The van der Waals surface area contributed by atoms with Crippen LogP contribution in [-0.2, 0) is 13.1 Å². The van der Waals surface area contributed by atoms with Crippen LogP contribution in [0.5, 0.6) is 5.75 Å². The summed E-state index contributed by atoms with van der Waals surface area (Å²) in [6.07, 6.45) is 3.77. The van der Waals surface area contributed by atoms with Crippen LogP contribution in [0.3, 0.4) is 0 Å². The maximum atomic E-state index is 11.4. The van der Waals surface area contributed by atoms with Gasteiger partial charge in [-0.05, 0) is 42.9 Å². The molecule has 0 saturated heterocycles. The molecule has 0 radical (unpaired) electrons. The van der Waals surface area contributed by atoms with E-state index in [4.69, 9.17) is 10.5 Å². The van der Waals surface area contributed by atoms with Gasteiger partial charge in [0.25, 0.3) is 5.69 Å². The summed E-state index contributed by atoms with van der Waals surface area (Å²) in [5.41, 5.74) is 7.83. The molecule has 2 aromatic carbocycles. The topological polar surface area (TPSA) is 125 Å². The van der Waals surface area contributed by atoms with Gasteiger partial charge in [-0.3, -0.25) is 25.1 Å². The molecule has 0 unspecified atom stereocenters. The zero-order valence-corrected chi connectivity index (χ0v) is 16.9. The number of hydrogen-bond donors (Lipinski definition) is 1. The SMILES string of the molecule is COc1ccc(CN(Cc2ccc([N+](=O)[O-])cc2)C2CCC(N)CC2)cc1[N+](=O)[O-]. The molecule has 0 atom stereocenters. The Bertz CT molecular complexity index is 895. The van der Waals surface area contributed by atoms with Crippen LogP contribution in [0.1, 0.15) is 36.8 Å². The van der Waals surface area contributed by atoms with E-state index >= 15 is 0 Å². The van der Waals surface area contributed by atoms with E-state index < -0.39 is 9.85 Å². The highest BCUT2D eigenvalue weighted by atomic mass is 16.6. The van der Waals surface area contributed by atoms with Crippen LogP contribution in [0.2, 0.25) is 0 Å². The van der Waals surface area contributed by atoms with Crippen molar-refractivity contribution in [3.63, 3.8) is 0 Å². The third-order valence-corrected chi connectivity index (χ3v) is 5.62. The first-order valence-electron chi connectivity index (χ1n) is 9.91. The van der Waals surface area contributed by atoms with Gasteiger partial charge >= 0.3 is 5.69 Å². The largest absolute Gasteiger partial charge is 0.490 e. The van der Waals surface area contributed by atoms with Crippen molar-refractivity contribution < 1.29 is 14.6 Å². The van der Waals surface area contributed by atoms with Crippen molar-refractivity contribution in [2.75, 3.05) is 7.11 Å². The van der Waals surface area contributed by atoms with Gasteiger partial charge in [-0.15, -0.1) is 0 Å². The molecular formula is C21H26N4O5. The third-order valence-electron chi connectivity index (χ3n) is 5.62. The number of nitrogens with two attached hydrogens (primary N) is 1. The van der Waals surface area contributed by atoms with Crippen molar-refractivity contribution in [2.45, 2.75) is 50.9 Å². The van der Waals surface area contributed by atoms with Gasteiger partial charge in [-0.2, -0.15) is 0 Å². The van der Waals surface area contributed by atoms with Crippen molar-refractivity contribution in [2.24, 2.45) is 5.73 Å². The molecule has 2 N–H and O–H groups in total. The summed E-state index contributed by atoms with van der Waals surface area (Å²) in [6, 6.07) is 12.0. The fraction of sp³-hybridized carbons (Fsp3) is 0.429. The maximum Gasteiger partial charge on any atom is 0.311 e. The zero-order chi connectivity index (χ0) is 21.7. The average molecular weight is 414 g/mol. The molecule has 0 heterocycles. The standard InChI is InChI=1S/C21H26N4O5/c1-30-21-11-4-16(12-20(21)25(28)29)14-23(18-9-5-17(22)6-10-18)13-15-2-7-19(8-3-15)24(26)27/h2-4,7-8,11-12,17-18H,5-6,9-10,13-14,22H2,1H3.